The normalized spacial score (nSPS) is 18.2. The summed E-state index contributed by atoms with van der Waals surface area (Å²) in [6, 6.07) is 0.452. The number of aromatic nitrogens is 2. The predicted octanol–water partition coefficient (Wildman–Crippen LogP) is 4.99. The third kappa shape index (κ3) is 3.60. The summed E-state index contributed by atoms with van der Waals surface area (Å²) in [5, 5.41) is 1.17. The predicted molar refractivity (Wildman–Crippen MR) is 103 cm³/mol. The number of ether oxygens (including phenoxy) is 1. The maximum Gasteiger partial charge on any atom is 0.348 e. The van der Waals surface area contributed by atoms with Crippen LogP contribution in [0.3, 0.4) is 0 Å². The molecule has 3 heterocycles. The summed E-state index contributed by atoms with van der Waals surface area (Å²) in [4.78, 5) is 25.0. The molecule has 1 atom stereocenters. The lowest BCUT2D eigenvalue weighted by molar-refractivity contribution is 0.0383. The molecule has 0 spiro atoms. The van der Waals surface area contributed by atoms with Crippen molar-refractivity contribution in [1.29, 1.82) is 0 Å². The van der Waals surface area contributed by atoms with Crippen LogP contribution >= 0.6 is 22.9 Å². The molecular weight excluding hydrogens is 358 g/mol. The minimum absolute atomic E-state index is 0.155. The Morgan fingerprint density at radius 1 is 1.40 bits per heavy atom. The first-order chi connectivity index (χ1) is 11.9. The number of esters is 1. The monoisotopic (exact) mass is 381 g/mol. The van der Waals surface area contributed by atoms with Crippen LogP contribution in [0.2, 0.25) is 5.28 Å². The molecule has 25 heavy (non-hydrogen) atoms. The maximum atomic E-state index is 12.4. The zero-order chi connectivity index (χ0) is 18.1. The van der Waals surface area contributed by atoms with Gasteiger partial charge in [-0.25, -0.2) is 9.78 Å². The summed E-state index contributed by atoms with van der Waals surface area (Å²) in [6.07, 6.45) is 4.45. The molecule has 2 aromatic rings. The topological polar surface area (TPSA) is 55.3 Å². The number of hydrogen-bond acceptors (Lipinski definition) is 6. The Labute approximate surface area is 157 Å². The van der Waals surface area contributed by atoms with E-state index in [1.807, 2.05) is 20.8 Å². The largest absolute Gasteiger partial charge is 0.459 e. The van der Waals surface area contributed by atoms with E-state index in [9.17, 15) is 4.79 Å². The number of anilines is 1. The molecule has 7 heteroatoms. The van der Waals surface area contributed by atoms with E-state index in [2.05, 4.69) is 21.8 Å². The molecule has 0 N–H and O–H groups in total. The molecule has 0 saturated carbocycles. The quantitative estimate of drug-likeness (QED) is 0.551. The van der Waals surface area contributed by atoms with Crippen LogP contribution in [-0.4, -0.2) is 34.6 Å². The lowest BCUT2D eigenvalue weighted by Crippen LogP contribution is -2.39. The van der Waals surface area contributed by atoms with Crippen molar-refractivity contribution in [3.63, 3.8) is 0 Å². The molecule has 5 nitrogen and oxygen atoms in total. The Balaban J connectivity index is 2.12. The fourth-order valence-corrected chi connectivity index (χ4v) is 4.74. The average molecular weight is 382 g/mol. The second kappa shape index (κ2) is 7.46. The van der Waals surface area contributed by atoms with E-state index in [0.717, 1.165) is 47.4 Å². The Morgan fingerprint density at radius 3 is 2.84 bits per heavy atom. The Morgan fingerprint density at radius 2 is 2.16 bits per heavy atom. The second-order valence-corrected chi connectivity index (χ2v) is 8.10. The maximum absolute atomic E-state index is 12.4. The van der Waals surface area contributed by atoms with Crippen molar-refractivity contribution in [2.75, 3.05) is 11.4 Å². The van der Waals surface area contributed by atoms with Crippen LogP contribution in [0.25, 0.3) is 10.2 Å². The van der Waals surface area contributed by atoms with Crippen LogP contribution in [0.4, 0.5) is 5.82 Å². The fraction of sp³-hybridized carbons (Fsp3) is 0.611. The number of nitrogens with zero attached hydrogens (tertiary/aromatic N) is 3. The van der Waals surface area contributed by atoms with Gasteiger partial charge >= 0.3 is 5.97 Å². The van der Waals surface area contributed by atoms with Crippen molar-refractivity contribution in [2.45, 2.75) is 65.5 Å². The van der Waals surface area contributed by atoms with Gasteiger partial charge in [0.1, 0.15) is 15.5 Å². The van der Waals surface area contributed by atoms with Gasteiger partial charge in [-0.05, 0) is 63.6 Å². The standard InChI is InChI=1S/C18H24ClN3O2S/c1-5-12-8-6-7-9-22(12)15-13-11(4)14(17(23)24-10(2)3)25-16(13)21-18(19)20-15/h10,12H,5-9H2,1-4H3. The molecule has 136 valence electrons. The zero-order valence-electron chi connectivity index (χ0n) is 15.1. The highest BCUT2D eigenvalue weighted by Gasteiger charge is 2.28. The van der Waals surface area contributed by atoms with Crippen LogP contribution in [0.15, 0.2) is 0 Å². The molecule has 1 aliphatic heterocycles. The first kappa shape index (κ1) is 18.4. The summed E-state index contributed by atoms with van der Waals surface area (Å²) in [5.74, 6) is 0.558. The number of thiophene rings is 1. The van der Waals surface area contributed by atoms with E-state index in [1.165, 1.54) is 17.8 Å². The van der Waals surface area contributed by atoms with Gasteiger partial charge < -0.3 is 9.64 Å². The van der Waals surface area contributed by atoms with E-state index >= 15 is 0 Å². The Hall–Kier alpha value is -1.40. The van der Waals surface area contributed by atoms with Crippen molar-refractivity contribution in [3.05, 3.63) is 15.7 Å². The van der Waals surface area contributed by atoms with Gasteiger partial charge in [0.2, 0.25) is 5.28 Å². The summed E-state index contributed by atoms with van der Waals surface area (Å²) in [5.41, 5.74) is 0.887. The molecule has 2 aromatic heterocycles. The number of carbonyl (C=O) groups is 1. The molecule has 0 aliphatic carbocycles. The van der Waals surface area contributed by atoms with Crippen LogP contribution in [0.1, 0.15) is 61.7 Å². The van der Waals surface area contributed by atoms with Gasteiger partial charge in [0.25, 0.3) is 0 Å². The van der Waals surface area contributed by atoms with Crippen molar-refractivity contribution in [3.8, 4) is 0 Å². The van der Waals surface area contributed by atoms with Gasteiger partial charge in [-0.15, -0.1) is 11.3 Å². The van der Waals surface area contributed by atoms with Gasteiger partial charge in [-0.2, -0.15) is 4.98 Å². The van der Waals surface area contributed by atoms with E-state index in [-0.39, 0.29) is 17.4 Å². The molecule has 0 aromatic carbocycles. The highest BCUT2D eigenvalue weighted by atomic mass is 35.5. The molecule has 1 saturated heterocycles. The number of piperidine rings is 1. The molecule has 1 fully saturated rings. The molecule has 0 bridgehead atoms. The van der Waals surface area contributed by atoms with Crippen molar-refractivity contribution < 1.29 is 9.53 Å². The van der Waals surface area contributed by atoms with Gasteiger partial charge in [0.15, 0.2) is 0 Å². The van der Waals surface area contributed by atoms with E-state index in [1.54, 1.807) is 0 Å². The van der Waals surface area contributed by atoms with Crippen LogP contribution < -0.4 is 4.90 Å². The first-order valence-corrected chi connectivity index (χ1v) is 10.1. The van der Waals surface area contributed by atoms with E-state index in [4.69, 9.17) is 16.3 Å². The minimum Gasteiger partial charge on any atom is -0.459 e. The SMILES string of the molecule is CCC1CCCCN1c1nc(Cl)nc2sc(C(=O)OC(C)C)c(C)c12. The van der Waals surface area contributed by atoms with Crippen molar-refractivity contribution >= 4 is 44.9 Å². The number of hydrogen-bond donors (Lipinski definition) is 0. The minimum atomic E-state index is -0.303. The number of rotatable bonds is 4. The van der Waals surface area contributed by atoms with Crippen molar-refractivity contribution in [1.82, 2.24) is 9.97 Å². The van der Waals surface area contributed by atoms with E-state index in [0.29, 0.717) is 10.9 Å². The molecule has 1 aliphatic rings. The van der Waals surface area contributed by atoms with Crippen LogP contribution in [0, 0.1) is 6.92 Å². The second-order valence-electron chi connectivity index (χ2n) is 6.76. The molecular formula is C18H24ClN3O2S. The van der Waals surface area contributed by atoms with Gasteiger partial charge in [-0.1, -0.05) is 6.92 Å². The smallest absolute Gasteiger partial charge is 0.348 e. The third-order valence-electron chi connectivity index (χ3n) is 4.64. The van der Waals surface area contributed by atoms with E-state index < -0.39 is 0 Å². The summed E-state index contributed by atoms with van der Waals surface area (Å²) in [6.45, 7) is 8.81. The number of carbonyl (C=O) groups excluding carboxylic acids is 1. The highest BCUT2D eigenvalue weighted by Crippen LogP contribution is 2.39. The molecule has 1 unspecified atom stereocenters. The molecule has 0 amide bonds. The summed E-state index contributed by atoms with van der Waals surface area (Å²) in [7, 11) is 0. The first-order valence-electron chi connectivity index (χ1n) is 8.86. The van der Waals surface area contributed by atoms with Crippen molar-refractivity contribution in [2.24, 2.45) is 0 Å². The lowest BCUT2D eigenvalue weighted by Gasteiger charge is -2.36. The molecule has 0 radical (unpaired) electrons. The zero-order valence-corrected chi connectivity index (χ0v) is 16.7. The number of fused-ring (bicyclic) bond motifs is 1. The Bertz CT molecular complexity index is 790. The fourth-order valence-electron chi connectivity index (χ4n) is 3.47. The van der Waals surface area contributed by atoms with Gasteiger partial charge in [0.05, 0.1) is 11.5 Å². The highest BCUT2D eigenvalue weighted by molar-refractivity contribution is 7.20. The van der Waals surface area contributed by atoms with Gasteiger partial charge in [-0.3, -0.25) is 0 Å². The number of halogens is 1. The third-order valence-corrected chi connectivity index (χ3v) is 5.98. The summed E-state index contributed by atoms with van der Waals surface area (Å²) < 4.78 is 5.38. The van der Waals surface area contributed by atoms with Crippen LogP contribution in [0.5, 0.6) is 0 Å². The van der Waals surface area contributed by atoms with Crippen LogP contribution in [-0.2, 0) is 4.74 Å². The number of aryl methyl sites for hydroxylation is 1. The molecule has 3 rings (SSSR count). The lowest BCUT2D eigenvalue weighted by atomic mass is 9.99. The van der Waals surface area contributed by atoms with Gasteiger partial charge in [0, 0.05) is 12.6 Å². The Kier molecular flexibility index (Phi) is 5.49. The summed E-state index contributed by atoms with van der Waals surface area (Å²) >= 11 is 7.54. The average Bonchev–Trinajstić information content (AvgIpc) is 2.90.